The maximum Gasteiger partial charge on any atom is 0.158 e. The molecule has 1 aromatic carbocycles. The highest BCUT2D eigenvalue weighted by atomic mass is 16.7. The summed E-state index contributed by atoms with van der Waals surface area (Å²) in [4.78, 5) is 1.58. The van der Waals surface area contributed by atoms with Crippen LogP contribution in [0.2, 0.25) is 0 Å². The number of aryl methyl sites for hydroxylation is 1. The van der Waals surface area contributed by atoms with Crippen LogP contribution in [0.3, 0.4) is 0 Å². The number of ether oxygens (including phenoxy) is 3. The molecule has 2 saturated heterocycles. The maximum atomic E-state index is 6.08. The Hall–Kier alpha value is -0.940. The lowest BCUT2D eigenvalue weighted by Gasteiger charge is -2.25. The van der Waals surface area contributed by atoms with Gasteiger partial charge in [-0.3, -0.25) is 0 Å². The molecule has 4 nitrogen and oxygen atoms in total. The third-order valence-corrected chi connectivity index (χ3v) is 5.02. The number of hydrogen-bond donors (Lipinski definition) is 1. The standard InChI is InChI=1S/C20H31NO3/c1-20(2,3)17-7-4-16(5-8-17)6-9-19-23-15-18(24-19)14-21-10-12-22-13-11-21/h4-5,7-8,18-19H,6,9-15H2,1-3H3/p+1/t18-,19-/m0/s1. The Morgan fingerprint density at radius 2 is 1.79 bits per heavy atom. The monoisotopic (exact) mass is 334 g/mol. The van der Waals surface area contributed by atoms with Gasteiger partial charge in [0.25, 0.3) is 0 Å². The van der Waals surface area contributed by atoms with Gasteiger partial charge in [-0.15, -0.1) is 0 Å². The van der Waals surface area contributed by atoms with E-state index in [1.165, 1.54) is 11.1 Å². The van der Waals surface area contributed by atoms with E-state index in [9.17, 15) is 0 Å². The summed E-state index contributed by atoms with van der Waals surface area (Å²) in [6.07, 6.45) is 2.14. The first kappa shape index (κ1) is 17.9. The van der Waals surface area contributed by atoms with Crippen molar-refractivity contribution in [3.05, 3.63) is 35.4 Å². The minimum Gasteiger partial charge on any atom is -0.370 e. The van der Waals surface area contributed by atoms with E-state index in [0.29, 0.717) is 0 Å². The first-order valence-corrected chi connectivity index (χ1v) is 9.28. The molecule has 2 fully saturated rings. The van der Waals surface area contributed by atoms with E-state index in [1.54, 1.807) is 4.90 Å². The van der Waals surface area contributed by atoms with Crippen LogP contribution in [0.1, 0.15) is 38.3 Å². The van der Waals surface area contributed by atoms with Crippen LogP contribution >= 0.6 is 0 Å². The molecular weight excluding hydrogens is 302 g/mol. The largest absolute Gasteiger partial charge is 0.370 e. The van der Waals surface area contributed by atoms with Crippen LogP contribution in [0.15, 0.2) is 24.3 Å². The summed E-state index contributed by atoms with van der Waals surface area (Å²) in [5.41, 5.74) is 2.95. The minimum absolute atomic E-state index is 0.0438. The van der Waals surface area contributed by atoms with E-state index in [2.05, 4.69) is 45.0 Å². The first-order chi connectivity index (χ1) is 11.5. The zero-order valence-electron chi connectivity index (χ0n) is 15.3. The third-order valence-electron chi connectivity index (χ3n) is 5.02. The van der Waals surface area contributed by atoms with Gasteiger partial charge in [-0.05, 0) is 23.0 Å². The number of benzene rings is 1. The zero-order chi connectivity index (χ0) is 17.0. The van der Waals surface area contributed by atoms with Gasteiger partial charge in [-0.1, -0.05) is 45.0 Å². The van der Waals surface area contributed by atoms with Gasteiger partial charge in [0.15, 0.2) is 6.29 Å². The molecule has 2 aliphatic heterocycles. The molecular formula is C20H32NO3+. The van der Waals surface area contributed by atoms with Gasteiger partial charge in [0, 0.05) is 6.42 Å². The molecule has 0 bridgehead atoms. The number of nitrogens with one attached hydrogen (secondary N) is 1. The Labute approximate surface area is 146 Å². The smallest absolute Gasteiger partial charge is 0.158 e. The maximum absolute atomic E-state index is 6.08. The number of hydrogen-bond acceptors (Lipinski definition) is 3. The van der Waals surface area contributed by atoms with Crippen LogP contribution in [-0.4, -0.2) is 51.8 Å². The van der Waals surface area contributed by atoms with E-state index >= 15 is 0 Å². The summed E-state index contributed by atoms with van der Waals surface area (Å²) in [6, 6.07) is 8.97. The molecule has 1 N–H and O–H groups in total. The summed E-state index contributed by atoms with van der Waals surface area (Å²) in [7, 11) is 0. The molecule has 0 saturated carbocycles. The molecule has 2 aliphatic rings. The molecule has 0 unspecified atom stereocenters. The predicted molar refractivity (Wildman–Crippen MR) is 94.5 cm³/mol. The van der Waals surface area contributed by atoms with Crippen molar-refractivity contribution < 1.29 is 19.1 Å². The Balaban J connectivity index is 1.41. The zero-order valence-corrected chi connectivity index (χ0v) is 15.3. The number of morpholine rings is 1. The van der Waals surface area contributed by atoms with Gasteiger partial charge in [-0.2, -0.15) is 0 Å². The highest BCUT2D eigenvalue weighted by molar-refractivity contribution is 5.27. The van der Waals surface area contributed by atoms with Crippen LogP contribution in [0.4, 0.5) is 0 Å². The van der Waals surface area contributed by atoms with E-state index in [0.717, 1.165) is 52.3 Å². The summed E-state index contributed by atoms with van der Waals surface area (Å²) in [5, 5.41) is 0. The summed E-state index contributed by atoms with van der Waals surface area (Å²) >= 11 is 0. The SMILES string of the molecule is CC(C)(C)c1ccc(CC[C@H]2OC[C@H](C[NH+]3CCOCC3)O2)cc1. The average Bonchev–Trinajstić information content (AvgIpc) is 3.01. The normalized spacial score (nSPS) is 26.0. The highest BCUT2D eigenvalue weighted by Crippen LogP contribution is 2.23. The molecule has 3 rings (SSSR count). The number of rotatable bonds is 5. The van der Waals surface area contributed by atoms with Crippen LogP contribution in [0, 0.1) is 0 Å². The molecule has 24 heavy (non-hydrogen) atoms. The van der Waals surface area contributed by atoms with Crippen LogP contribution in [-0.2, 0) is 26.0 Å². The Morgan fingerprint density at radius 3 is 2.46 bits per heavy atom. The molecule has 0 aliphatic carbocycles. The average molecular weight is 334 g/mol. The lowest BCUT2D eigenvalue weighted by molar-refractivity contribution is -0.910. The third kappa shape index (κ3) is 5.03. The minimum atomic E-state index is -0.0438. The van der Waals surface area contributed by atoms with Crippen molar-refractivity contribution in [3.8, 4) is 0 Å². The second-order valence-corrected chi connectivity index (χ2v) is 8.07. The fourth-order valence-electron chi connectivity index (χ4n) is 3.41. The quantitative estimate of drug-likeness (QED) is 0.887. The van der Waals surface area contributed by atoms with Crippen molar-refractivity contribution in [1.82, 2.24) is 0 Å². The molecule has 0 spiro atoms. The predicted octanol–water partition coefficient (Wildman–Crippen LogP) is 1.57. The fraction of sp³-hybridized carbons (Fsp3) is 0.700. The van der Waals surface area contributed by atoms with Crippen molar-refractivity contribution >= 4 is 0 Å². The molecule has 0 radical (unpaired) electrons. The molecule has 2 atom stereocenters. The topological polar surface area (TPSA) is 32.1 Å². The van der Waals surface area contributed by atoms with Crippen LogP contribution in [0.5, 0.6) is 0 Å². The molecule has 1 aromatic rings. The highest BCUT2D eigenvalue weighted by Gasteiger charge is 2.29. The van der Waals surface area contributed by atoms with Gasteiger partial charge >= 0.3 is 0 Å². The second kappa shape index (κ2) is 7.96. The van der Waals surface area contributed by atoms with Gasteiger partial charge in [0.2, 0.25) is 0 Å². The molecule has 0 aromatic heterocycles. The lowest BCUT2D eigenvalue weighted by atomic mass is 9.86. The lowest BCUT2D eigenvalue weighted by Crippen LogP contribution is -3.15. The van der Waals surface area contributed by atoms with E-state index < -0.39 is 0 Å². The Kier molecular flexibility index (Phi) is 5.93. The second-order valence-electron chi connectivity index (χ2n) is 8.07. The van der Waals surface area contributed by atoms with Crippen molar-refractivity contribution in [2.75, 3.05) is 39.5 Å². The van der Waals surface area contributed by atoms with Gasteiger partial charge in [-0.25, -0.2) is 0 Å². The molecule has 2 heterocycles. The van der Waals surface area contributed by atoms with E-state index in [1.807, 2.05) is 0 Å². The molecule has 134 valence electrons. The van der Waals surface area contributed by atoms with Crippen molar-refractivity contribution in [3.63, 3.8) is 0 Å². The van der Waals surface area contributed by atoms with Crippen molar-refractivity contribution in [2.45, 2.75) is 51.4 Å². The van der Waals surface area contributed by atoms with E-state index in [4.69, 9.17) is 14.2 Å². The summed E-state index contributed by atoms with van der Waals surface area (Å²) in [5.74, 6) is 0. The Bertz CT molecular complexity index is 503. The number of quaternary nitrogens is 1. The fourth-order valence-corrected chi connectivity index (χ4v) is 3.41. The van der Waals surface area contributed by atoms with Crippen LogP contribution in [0.25, 0.3) is 0 Å². The van der Waals surface area contributed by atoms with E-state index in [-0.39, 0.29) is 17.8 Å². The van der Waals surface area contributed by atoms with Crippen molar-refractivity contribution in [1.29, 1.82) is 0 Å². The van der Waals surface area contributed by atoms with Gasteiger partial charge < -0.3 is 19.1 Å². The molecule has 4 heteroatoms. The molecule has 0 amide bonds. The summed E-state index contributed by atoms with van der Waals surface area (Å²) < 4.78 is 17.3. The van der Waals surface area contributed by atoms with Gasteiger partial charge in [0.1, 0.15) is 25.7 Å². The van der Waals surface area contributed by atoms with Crippen LogP contribution < -0.4 is 4.90 Å². The van der Waals surface area contributed by atoms with Gasteiger partial charge in [0.05, 0.1) is 19.8 Å². The first-order valence-electron chi connectivity index (χ1n) is 9.28. The Morgan fingerprint density at radius 1 is 1.08 bits per heavy atom. The van der Waals surface area contributed by atoms with Crippen molar-refractivity contribution in [2.24, 2.45) is 0 Å². The summed E-state index contributed by atoms with van der Waals surface area (Å²) in [6.45, 7) is 12.4.